The third kappa shape index (κ3) is 4.09. The Balaban J connectivity index is 1.55. The highest BCUT2D eigenvalue weighted by Gasteiger charge is 2.27. The molecule has 1 atom stereocenters. The van der Waals surface area contributed by atoms with Crippen molar-refractivity contribution in [1.82, 2.24) is 4.90 Å². The molecule has 120 valence electrons. The number of ether oxygens (including phenoxy) is 1. The van der Waals surface area contributed by atoms with Crippen LogP contribution < -0.4 is 4.74 Å². The van der Waals surface area contributed by atoms with E-state index >= 15 is 0 Å². The number of aryl methyl sites for hydroxylation is 1. The van der Waals surface area contributed by atoms with E-state index in [2.05, 4.69) is 0 Å². The number of carbonyl (C=O) groups excluding carboxylic acids is 1. The zero-order valence-electron chi connectivity index (χ0n) is 13.2. The van der Waals surface area contributed by atoms with Crippen molar-refractivity contribution in [3.05, 3.63) is 65.5 Å². The molecule has 1 saturated heterocycles. The SMILES string of the molecule is Cc1cccc(CC(=O)N2CCC(Oc3cccc(F)c3)C2)c1. The van der Waals surface area contributed by atoms with E-state index in [0.29, 0.717) is 25.3 Å². The molecule has 1 aliphatic rings. The van der Waals surface area contributed by atoms with Crippen LogP contribution in [-0.2, 0) is 11.2 Å². The lowest BCUT2D eigenvalue weighted by atomic mass is 10.1. The Hall–Kier alpha value is -2.36. The van der Waals surface area contributed by atoms with Gasteiger partial charge in [0.15, 0.2) is 0 Å². The average Bonchev–Trinajstić information content (AvgIpc) is 2.96. The number of amides is 1. The molecule has 0 aliphatic carbocycles. The summed E-state index contributed by atoms with van der Waals surface area (Å²) in [5, 5.41) is 0. The van der Waals surface area contributed by atoms with Crippen molar-refractivity contribution >= 4 is 5.91 Å². The second-order valence-electron chi connectivity index (χ2n) is 5.99. The Morgan fingerprint density at radius 1 is 1.26 bits per heavy atom. The van der Waals surface area contributed by atoms with Crippen LogP contribution in [0.1, 0.15) is 17.5 Å². The predicted molar refractivity (Wildman–Crippen MR) is 86.9 cm³/mol. The van der Waals surface area contributed by atoms with Crippen molar-refractivity contribution in [2.75, 3.05) is 13.1 Å². The lowest BCUT2D eigenvalue weighted by Crippen LogP contribution is -2.32. The quantitative estimate of drug-likeness (QED) is 0.866. The summed E-state index contributed by atoms with van der Waals surface area (Å²) in [6.07, 6.45) is 1.11. The van der Waals surface area contributed by atoms with Gasteiger partial charge in [-0.15, -0.1) is 0 Å². The molecule has 1 heterocycles. The van der Waals surface area contributed by atoms with Crippen molar-refractivity contribution in [2.24, 2.45) is 0 Å². The van der Waals surface area contributed by atoms with Crippen LogP contribution in [0.25, 0.3) is 0 Å². The van der Waals surface area contributed by atoms with E-state index in [9.17, 15) is 9.18 Å². The zero-order valence-corrected chi connectivity index (χ0v) is 13.2. The molecular weight excluding hydrogens is 293 g/mol. The second-order valence-corrected chi connectivity index (χ2v) is 5.99. The molecule has 4 heteroatoms. The van der Waals surface area contributed by atoms with Crippen molar-refractivity contribution in [1.29, 1.82) is 0 Å². The van der Waals surface area contributed by atoms with Gasteiger partial charge in [-0.1, -0.05) is 35.9 Å². The first-order chi connectivity index (χ1) is 11.1. The molecular formula is C19H20FNO2. The van der Waals surface area contributed by atoms with Crippen LogP contribution in [-0.4, -0.2) is 30.0 Å². The number of carbonyl (C=O) groups is 1. The van der Waals surface area contributed by atoms with Crippen molar-refractivity contribution in [3.8, 4) is 5.75 Å². The van der Waals surface area contributed by atoms with E-state index in [1.165, 1.54) is 12.1 Å². The third-order valence-corrected chi connectivity index (χ3v) is 4.03. The van der Waals surface area contributed by atoms with Gasteiger partial charge >= 0.3 is 0 Å². The Morgan fingerprint density at radius 2 is 2.09 bits per heavy atom. The highest BCUT2D eigenvalue weighted by atomic mass is 19.1. The molecule has 1 amide bonds. The van der Waals surface area contributed by atoms with E-state index in [1.54, 1.807) is 12.1 Å². The molecule has 0 aromatic heterocycles. The van der Waals surface area contributed by atoms with E-state index in [0.717, 1.165) is 17.5 Å². The number of halogens is 1. The molecule has 2 aromatic carbocycles. The third-order valence-electron chi connectivity index (χ3n) is 4.03. The summed E-state index contributed by atoms with van der Waals surface area (Å²) >= 11 is 0. The fraction of sp³-hybridized carbons (Fsp3) is 0.316. The van der Waals surface area contributed by atoms with E-state index in [1.807, 2.05) is 36.1 Å². The first kappa shape index (κ1) is 15.5. The van der Waals surface area contributed by atoms with Gasteiger partial charge in [0, 0.05) is 19.0 Å². The van der Waals surface area contributed by atoms with Gasteiger partial charge < -0.3 is 9.64 Å². The molecule has 0 radical (unpaired) electrons. The number of nitrogens with zero attached hydrogens (tertiary/aromatic N) is 1. The molecule has 1 aliphatic heterocycles. The molecule has 2 aromatic rings. The van der Waals surface area contributed by atoms with Gasteiger partial charge in [0.2, 0.25) is 5.91 Å². The molecule has 23 heavy (non-hydrogen) atoms. The van der Waals surface area contributed by atoms with Gasteiger partial charge in [-0.3, -0.25) is 4.79 Å². The first-order valence-corrected chi connectivity index (χ1v) is 7.86. The largest absolute Gasteiger partial charge is 0.488 e. The topological polar surface area (TPSA) is 29.5 Å². The van der Waals surface area contributed by atoms with Crippen LogP contribution in [0.4, 0.5) is 4.39 Å². The Morgan fingerprint density at radius 3 is 2.87 bits per heavy atom. The van der Waals surface area contributed by atoms with Gasteiger partial charge in [-0.25, -0.2) is 4.39 Å². The minimum absolute atomic E-state index is 0.0711. The van der Waals surface area contributed by atoms with Gasteiger partial charge in [0.1, 0.15) is 17.7 Å². The summed E-state index contributed by atoms with van der Waals surface area (Å²) in [5.74, 6) is 0.316. The van der Waals surface area contributed by atoms with Gasteiger partial charge in [-0.2, -0.15) is 0 Å². The summed E-state index contributed by atoms with van der Waals surface area (Å²) in [6.45, 7) is 3.26. The molecule has 3 nitrogen and oxygen atoms in total. The Kier molecular flexibility index (Phi) is 4.60. The molecule has 1 unspecified atom stereocenters. The zero-order chi connectivity index (χ0) is 16.2. The molecule has 0 N–H and O–H groups in total. The predicted octanol–water partition coefficient (Wildman–Crippen LogP) is 3.36. The second kappa shape index (κ2) is 6.82. The number of hydrogen-bond acceptors (Lipinski definition) is 2. The van der Waals surface area contributed by atoms with Gasteiger partial charge in [0.25, 0.3) is 0 Å². The Labute approximate surface area is 135 Å². The summed E-state index contributed by atoms with van der Waals surface area (Å²) in [5.41, 5.74) is 2.19. The van der Waals surface area contributed by atoms with Crippen LogP contribution in [0, 0.1) is 12.7 Å². The maximum Gasteiger partial charge on any atom is 0.227 e. The highest BCUT2D eigenvalue weighted by molar-refractivity contribution is 5.79. The molecule has 0 spiro atoms. The maximum absolute atomic E-state index is 13.2. The summed E-state index contributed by atoms with van der Waals surface area (Å²) < 4.78 is 18.9. The molecule has 3 rings (SSSR count). The van der Waals surface area contributed by atoms with Crippen molar-refractivity contribution in [2.45, 2.75) is 25.9 Å². The van der Waals surface area contributed by atoms with Gasteiger partial charge in [0.05, 0.1) is 13.0 Å². The van der Waals surface area contributed by atoms with Gasteiger partial charge in [-0.05, 0) is 24.6 Å². The van der Waals surface area contributed by atoms with E-state index in [-0.39, 0.29) is 17.8 Å². The summed E-state index contributed by atoms with van der Waals surface area (Å²) in [4.78, 5) is 14.2. The first-order valence-electron chi connectivity index (χ1n) is 7.86. The number of hydrogen-bond donors (Lipinski definition) is 0. The lowest BCUT2D eigenvalue weighted by Gasteiger charge is -2.17. The normalized spacial score (nSPS) is 17.3. The maximum atomic E-state index is 13.2. The van der Waals surface area contributed by atoms with E-state index in [4.69, 9.17) is 4.74 Å². The van der Waals surface area contributed by atoms with Crippen LogP contribution in [0.2, 0.25) is 0 Å². The van der Waals surface area contributed by atoms with Crippen molar-refractivity contribution < 1.29 is 13.9 Å². The monoisotopic (exact) mass is 313 g/mol. The highest BCUT2D eigenvalue weighted by Crippen LogP contribution is 2.20. The minimum Gasteiger partial charge on any atom is -0.488 e. The Bertz CT molecular complexity index is 701. The number of rotatable bonds is 4. The summed E-state index contributed by atoms with van der Waals surface area (Å²) in [6, 6.07) is 14.1. The lowest BCUT2D eigenvalue weighted by molar-refractivity contribution is -0.129. The number of benzene rings is 2. The fourth-order valence-electron chi connectivity index (χ4n) is 2.89. The van der Waals surface area contributed by atoms with Crippen molar-refractivity contribution in [3.63, 3.8) is 0 Å². The van der Waals surface area contributed by atoms with Crippen LogP contribution >= 0.6 is 0 Å². The molecule has 1 fully saturated rings. The summed E-state index contributed by atoms with van der Waals surface area (Å²) in [7, 11) is 0. The number of likely N-dealkylation sites (tertiary alicyclic amines) is 1. The molecule has 0 saturated carbocycles. The average molecular weight is 313 g/mol. The van der Waals surface area contributed by atoms with E-state index < -0.39 is 0 Å². The molecule has 0 bridgehead atoms. The smallest absolute Gasteiger partial charge is 0.227 e. The fourth-order valence-corrected chi connectivity index (χ4v) is 2.89. The minimum atomic E-state index is -0.312. The standard InChI is InChI=1S/C19H20FNO2/c1-14-4-2-5-15(10-14)11-19(22)21-9-8-18(13-21)23-17-7-3-6-16(20)12-17/h2-7,10,12,18H,8-9,11,13H2,1H3. The van der Waals surface area contributed by atoms with Crippen LogP contribution in [0.3, 0.4) is 0 Å². The van der Waals surface area contributed by atoms with Crippen LogP contribution in [0.15, 0.2) is 48.5 Å². The van der Waals surface area contributed by atoms with Crippen LogP contribution in [0.5, 0.6) is 5.75 Å².